The first-order valence-corrected chi connectivity index (χ1v) is 5.24. The predicted molar refractivity (Wildman–Crippen MR) is 52.9 cm³/mol. The number of hydrogen-bond donors (Lipinski definition) is 0. The maximum absolute atomic E-state index is 11.0. The quantitative estimate of drug-likeness (QED) is 0.523. The molecule has 1 aliphatic heterocycles. The summed E-state index contributed by atoms with van der Waals surface area (Å²) in [6, 6.07) is -0.690. The molecule has 1 heterocycles. The molecule has 14 heavy (non-hydrogen) atoms. The van der Waals surface area contributed by atoms with E-state index in [0.717, 1.165) is 11.8 Å². The second-order valence-electron chi connectivity index (χ2n) is 3.36. The van der Waals surface area contributed by atoms with Crippen LogP contribution in [0.2, 0.25) is 0 Å². The maximum atomic E-state index is 11.0. The van der Waals surface area contributed by atoms with Gasteiger partial charge in [0.05, 0.1) is 13.2 Å². The van der Waals surface area contributed by atoms with Crippen LogP contribution in [0.25, 0.3) is 0 Å². The first-order chi connectivity index (χ1) is 6.52. The minimum Gasteiger partial charge on any atom is -0.378 e. The molecule has 1 atom stereocenters. The highest BCUT2D eigenvalue weighted by atomic mass is 32.2. The molecule has 5 nitrogen and oxygen atoms in total. The zero-order chi connectivity index (χ0) is 10.8. The topological polar surface area (TPSA) is 69.4 Å². The van der Waals surface area contributed by atoms with E-state index in [1.165, 1.54) is 6.92 Å². The lowest BCUT2D eigenvalue weighted by atomic mass is 9.95. The Morgan fingerprint density at radius 1 is 1.71 bits per heavy atom. The van der Waals surface area contributed by atoms with Gasteiger partial charge in [-0.2, -0.15) is 0 Å². The highest BCUT2D eigenvalue weighted by Crippen LogP contribution is 2.39. The van der Waals surface area contributed by atoms with E-state index in [9.17, 15) is 14.9 Å². The molecule has 0 bridgehead atoms. The van der Waals surface area contributed by atoms with Crippen molar-refractivity contribution >= 4 is 16.9 Å². The minimum absolute atomic E-state index is 0.0893. The Kier molecular flexibility index (Phi) is 3.49. The predicted octanol–water partition coefficient (Wildman–Crippen LogP) is 1.09. The van der Waals surface area contributed by atoms with Gasteiger partial charge in [-0.25, -0.2) is 0 Å². The molecule has 80 valence electrons. The smallest absolute Gasteiger partial charge is 0.232 e. The number of nitrogens with zero attached hydrogens (tertiary/aromatic N) is 1. The normalized spacial score (nSPS) is 21.0. The summed E-state index contributed by atoms with van der Waals surface area (Å²) >= 11 is 1.04. The lowest BCUT2D eigenvalue weighted by Gasteiger charge is -2.40. The van der Waals surface area contributed by atoms with Crippen LogP contribution in [0.1, 0.15) is 20.3 Å². The zero-order valence-corrected chi connectivity index (χ0v) is 9.00. The van der Waals surface area contributed by atoms with Crippen molar-refractivity contribution in [3.8, 4) is 0 Å². The molecule has 0 saturated carbocycles. The van der Waals surface area contributed by atoms with Crippen LogP contribution in [0.3, 0.4) is 0 Å². The fraction of sp³-hybridized carbons (Fsp3) is 0.875. The summed E-state index contributed by atoms with van der Waals surface area (Å²) in [5.74, 6) is 0. The molecular weight excluding hydrogens is 206 g/mol. The SMILES string of the molecule is CC[C@@H]([N+](=O)[O-])C1(SC(C)=O)COC1. The monoisotopic (exact) mass is 219 g/mol. The fourth-order valence-electron chi connectivity index (χ4n) is 1.62. The number of rotatable bonds is 4. The standard InChI is InChI=1S/C8H13NO4S/c1-3-7(9(11)12)8(4-13-5-8)14-6(2)10/h7H,3-5H2,1-2H3/t7-/m1/s1. The minimum atomic E-state index is -0.690. The van der Waals surface area contributed by atoms with E-state index >= 15 is 0 Å². The van der Waals surface area contributed by atoms with Gasteiger partial charge in [-0.3, -0.25) is 14.9 Å². The lowest BCUT2D eigenvalue weighted by Crippen LogP contribution is -2.58. The van der Waals surface area contributed by atoms with E-state index < -0.39 is 10.8 Å². The summed E-state index contributed by atoms with van der Waals surface area (Å²) in [6.07, 6.45) is 0.427. The van der Waals surface area contributed by atoms with Gasteiger partial charge in [-0.15, -0.1) is 0 Å². The van der Waals surface area contributed by atoms with Crippen molar-refractivity contribution in [2.24, 2.45) is 0 Å². The first kappa shape index (κ1) is 11.5. The molecule has 6 heteroatoms. The highest BCUT2D eigenvalue weighted by molar-refractivity contribution is 8.14. The van der Waals surface area contributed by atoms with Gasteiger partial charge in [0.15, 0.2) is 5.12 Å². The Morgan fingerprint density at radius 2 is 2.29 bits per heavy atom. The summed E-state index contributed by atoms with van der Waals surface area (Å²) in [5.41, 5.74) is 0. The number of carbonyl (C=O) groups is 1. The van der Waals surface area contributed by atoms with Gasteiger partial charge in [0.2, 0.25) is 6.04 Å². The van der Waals surface area contributed by atoms with Crippen molar-refractivity contribution in [3.63, 3.8) is 0 Å². The summed E-state index contributed by atoms with van der Waals surface area (Å²) in [7, 11) is 0. The Bertz CT molecular complexity index is 252. The van der Waals surface area contributed by atoms with E-state index in [1.54, 1.807) is 6.92 Å². The molecule has 0 aromatic rings. The third-order valence-corrected chi connectivity index (χ3v) is 3.49. The second-order valence-corrected chi connectivity index (χ2v) is 4.95. The van der Waals surface area contributed by atoms with E-state index in [2.05, 4.69) is 0 Å². The van der Waals surface area contributed by atoms with E-state index in [1.807, 2.05) is 0 Å². The first-order valence-electron chi connectivity index (χ1n) is 4.42. The summed E-state index contributed by atoms with van der Waals surface area (Å²) < 4.78 is 4.37. The molecule has 0 aliphatic carbocycles. The van der Waals surface area contributed by atoms with Crippen molar-refractivity contribution in [3.05, 3.63) is 10.1 Å². The van der Waals surface area contributed by atoms with Crippen LogP contribution in [-0.2, 0) is 9.53 Å². The largest absolute Gasteiger partial charge is 0.378 e. The molecule has 1 saturated heterocycles. The number of hydrogen-bond acceptors (Lipinski definition) is 5. The molecule has 0 radical (unpaired) electrons. The molecular formula is C8H13NO4S. The number of carbonyl (C=O) groups excluding carboxylic acids is 1. The Morgan fingerprint density at radius 3 is 2.50 bits per heavy atom. The number of nitro groups is 1. The Labute approximate surface area is 86.3 Å². The van der Waals surface area contributed by atoms with Gasteiger partial charge in [0.1, 0.15) is 4.75 Å². The summed E-state index contributed by atoms with van der Waals surface area (Å²) in [4.78, 5) is 21.4. The number of ether oxygens (including phenoxy) is 1. The van der Waals surface area contributed by atoms with Crippen LogP contribution < -0.4 is 0 Å². The van der Waals surface area contributed by atoms with Crippen LogP contribution in [-0.4, -0.2) is 34.0 Å². The van der Waals surface area contributed by atoms with Crippen LogP contribution in [0.15, 0.2) is 0 Å². The molecule has 0 aromatic carbocycles. The van der Waals surface area contributed by atoms with Crippen LogP contribution in [0.5, 0.6) is 0 Å². The van der Waals surface area contributed by atoms with Gasteiger partial charge < -0.3 is 4.74 Å². The van der Waals surface area contributed by atoms with Gasteiger partial charge >= 0.3 is 0 Å². The molecule has 0 N–H and O–H groups in total. The summed E-state index contributed by atoms with van der Waals surface area (Å²) in [5, 5.41) is 10.7. The van der Waals surface area contributed by atoms with E-state index in [0.29, 0.717) is 19.6 Å². The molecule has 0 amide bonds. The molecule has 0 aromatic heterocycles. The summed E-state index contributed by atoms with van der Waals surface area (Å²) in [6.45, 7) is 3.79. The highest BCUT2D eigenvalue weighted by Gasteiger charge is 2.53. The van der Waals surface area contributed by atoms with Crippen molar-refractivity contribution in [1.29, 1.82) is 0 Å². The zero-order valence-electron chi connectivity index (χ0n) is 8.19. The molecule has 0 spiro atoms. The van der Waals surface area contributed by atoms with Gasteiger partial charge in [0, 0.05) is 18.3 Å². The van der Waals surface area contributed by atoms with E-state index in [4.69, 9.17) is 4.74 Å². The third kappa shape index (κ3) is 2.06. The van der Waals surface area contributed by atoms with Crippen LogP contribution in [0.4, 0.5) is 0 Å². The van der Waals surface area contributed by atoms with Crippen LogP contribution >= 0.6 is 11.8 Å². The van der Waals surface area contributed by atoms with Crippen molar-refractivity contribution in [1.82, 2.24) is 0 Å². The second kappa shape index (κ2) is 4.27. The molecule has 0 unspecified atom stereocenters. The Hall–Kier alpha value is -0.620. The van der Waals surface area contributed by atoms with Gasteiger partial charge in [-0.05, 0) is 0 Å². The van der Waals surface area contributed by atoms with Crippen molar-refractivity contribution in [2.45, 2.75) is 31.1 Å². The fourth-order valence-corrected chi connectivity index (χ4v) is 2.87. The van der Waals surface area contributed by atoms with Crippen molar-refractivity contribution < 1.29 is 14.5 Å². The average Bonchev–Trinajstić information content (AvgIpc) is 1.99. The lowest BCUT2D eigenvalue weighted by molar-refractivity contribution is -0.534. The van der Waals surface area contributed by atoms with E-state index in [-0.39, 0.29) is 10.0 Å². The van der Waals surface area contributed by atoms with Gasteiger partial charge in [0.25, 0.3) is 0 Å². The molecule has 1 rings (SSSR count). The Balaban J connectivity index is 2.76. The van der Waals surface area contributed by atoms with Crippen molar-refractivity contribution in [2.75, 3.05) is 13.2 Å². The number of thioether (sulfide) groups is 1. The van der Waals surface area contributed by atoms with Gasteiger partial charge in [-0.1, -0.05) is 18.7 Å². The molecule has 1 aliphatic rings. The third-order valence-electron chi connectivity index (χ3n) is 2.29. The molecule has 1 fully saturated rings. The van der Waals surface area contributed by atoms with Crippen LogP contribution in [0, 0.1) is 10.1 Å². The maximum Gasteiger partial charge on any atom is 0.232 e. The average molecular weight is 219 g/mol.